The minimum atomic E-state index is -0.868. The minimum absolute atomic E-state index is 0.0228. The second-order valence-corrected chi connectivity index (χ2v) is 4.57. The van der Waals surface area contributed by atoms with E-state index in [9.17, 15) is 9.59 Å². The maximum atomic E-state index is 11.9. The van der Waals surface area contributed by atoms with Crippen LogP contribution in [0.4, 0.5) is 5.69 Å². The number of carbonyl (C=O) groups is 2. The minimum Gasteiger partial charge on any atom is -0.481 e. The highest BCUT2D eigenvalue weighted by Gasteiger charge is 2.11. The summed E-state index contributed by atoms with van der Waals surface area (Å²) in [5, 5.41) is 15.0. The number of carboxylic acids is 1. The monoisotopic (exact) mass is 277 g/mol. The van der Waals surface area contributed by atoms with E-state index in [-0.39, 0.29) is 12.3 Å². The highest BCUT2D eigenvalue weighted by atomic mass is 32.1. The molecule has 2 N–H and O–H groups in total. The summed E-state index contributed by atoms with van der Waals surface area (Å²) < 4.78 is 3.62. The van der Waals surface area contributed by atoms with Crippen LogP contribution in [0.2, 0.25) is 0 Å². The Bertz CT molecular complexity index is 584. The van der Waals surface area contributed by atoms with E-state index in [1.165, 1.54) is 6.20 Å². The summed E-state index contributed by atoms with van der Waals surface area (Å²) >= 11 is 1.01. The zero-order valence-corrected chi connectivity index (χ0v) is 10.7. The molecule has 0 aliphatic carbocycles. The van der Waals surface area contributed by atoms with Crippen LogP contribution in [0.3, 0.4) is 0 Å². The molecule has 0 bridgehead atoms. The molecule has 0 saturated carbocycles. The highest BCUT2D eigenvalue weighted by Crippen LogP contribution is 2.18. The van der Waals surface area contributed by atoms with Crippen molar-refractivity contribution in [2.75, 3.05) is 5.32 Å². The Morgan fingerprint density at radius 2 is 2.11 bits per heavy atom. The Labute approximate surface area is 113 Å². The van der Waals surface area contributed by atoms with Gasteiger partial charge in [0.2, 0.25) is 0 Å². The second kappa shape index (κ2) is 6.05. The van der Waals surface area contributed by atoms with Crippen molar-refractivity contribution in [3.63, 3.8) is 0 Å². The van der Waals surface area contributed by atoms with Crippen molar-refractivity contribution >= 4 is 29.1 Å². The molecule has 0 aliphatic heterocycles. The number of amides is 1. The molecule has 7 heteroatoms. The van der Waals surface area contributed by atoms with E-state index in [4.69, 9.17) is 5.11 Å². The van der Waals surface area contributed by atoms with E-state index in [2.05, 4.69) is 14.9 Å². The van der Waals surface area contributed by atoms with Crippen molar-refractivity contribution in [3.8, 4) is 0 Å². The lowest BCUT2D eigenvalue weighted by molar-refractivity contribution is -0.136. The summed E-state index contributed by atoms with van der Waals surface area (Å²) in [7, 11) is 0. The molecule has 0 aliphatic rings. The number of nitrogens with zero attached hydrogens (tertiary/aromatic N) is 2. The summed E-state index contributed by atoms with van der Waals surface area (Å²) in [5.41, 5.74) is 1.40. The van der Waals surface area contributed by atoms with Crippen LogP contribution in [-0.4, -0.2) is 26.6 Å². The molecule has 1 amide bonds. The SMILES string of the molecule is O=C(O)CCc1ccccc1NC(=O)c1cnns1. The van der Waals surface area contributed by atoms with Crippen LogP contribution in [0.25, 0.3) is 0 Å². The first-order valence-corrected chi connectivity index (χ1v) is 6.32. The number of aliphatic carboxylic acids is 1. The van der Waals surface area contributed by atoms with Gasteiger partial charge in [-0.15, -0.1) is 5.10 Å². The van der Waals surface area contributed by atoms with Gasteiger partial charge in [0, 0.05) is 12.1 Å². The Kier molecular flexibility index (Phi) is 4.19. The van der Waals surface area contributed by atoms with Crippen LogP contribution < -0.4 is 5.32 Å². The van der Waals surface area contributed by atoms with Gasteiger partial charge in [0.05, 0.1) is 6.20 Å². The molecule has 0 fully saturated rings. The van der Waals surface area contributed by atoms with Crippen molar-refractivity contribution in [2.24, 2.45) is 0 Å². The lowest BCUT2D eigenvalue weighted by Crippen LogP contribution is -2.12. The molecule has 0 saturated heterocycles. The van der Waals surface area contributed by atoms with Crippen LogP contribution >= 0.6 is 11.5 Å². The molecule has 98 valence electrons. The largest absolute Gasteiger partial charge is 0.481 e. The number of carbonyl (C=O) groups excluding carboxylic acids is 1. The van der Waals surface area contributed by atoms with E-state index >= 15 is 0 Å². The van der Waals surface area contributed by atoms with Crippen LogP contribution in [0.1, 0.15) is 21.7 Å². The number of carboxylic acid groups (broad SMARTS) is 1. The molecule has 2 aromatic rings. The number of para-hydroxylation sites is 1. The van der Waals surface area contributed by atoms with Gasteiger partial charge in [-0.05, 0) is 29.6 Å². The van der Waals surface area contributed by atoms with Crippen molar-refractivity contribution < 1.29 is 14.7 Å². The molecule has 0 radical (unpaired) electrons. The Hall–Kier alpha value is -2.28. The van der Waals surface area contributed by atoms with Gasteiger partial charge in [0.25, 0.3) is 5.91 Å². The molecule has 2 rings (SSSR count). The molecule has 0 atom stereocenters. The van der Waals surface area contributed by atoms with Crippen LogP contribution in [0, 0.1) is 0 Å². The first-order chi connectivity index (χ1) is 9.16. The van der Waals surface area contributed by atoms with E-state index in [1.54, 1.807) is 24.3 Å². The maximum absolute atomic E-state index is 11.9. The third-order valence-corrected chi connectivity index (χ3v) is 3.12. The number of aryl methyl sites for hydroxylation is 1. The Morgan fingerprint density at radius 1 is 1.32 bits per heavy atom. The standard InChI is InChI=1S/C12H11N3O3S/c16-11(17)6-5-8-3-1-2-4-9(8)14-12(18)10-7-13-15-19-10/h1-4,7H,5-6H2,(H,14,18)(H,16,17). The first kappa shape index (κ1) is 13.2. The lowest BCUT2D eigenvalue weighted by Gasteiger charge is -2.09. The van der Waals surface area contributed by atoms with E-state index < -0.39 is 5.97 Å². The van der Waals surface area contributed by atoms with E-state index in [0.717, 1.165) is 17.1 Å². The van der Waals surface area contributed by atoms with Crippen molar-refractivity contribution in [2.45, 2.75) is 12.8 Å². The molecular weight excluding hydrogens is 266 g/mol. The van der Waals surface area contributed by atoms with Gasteiger partial charge in [-0.25, -0.2) is 0 Å². The fourth-order valence-corrected chi connectivity index (χ4v) is 1.96. The van der Waals surface area contributed by atoms with Crippen molar-refractivity contribution in [1.82, 2.24) is 9.59 Å². The molecule has 1 aromatic carbocycles. The number of anilines is 1. The quantitative estimate of drug-likeness (QED) is 0.869. The average Bonchev–Trinajstić information content (AvgIpc) is 2.91. The molecule has 19 heavy (non-hydrogen) atoms. The molecule has 0 spiro atoms. The molecule has 0 unspecified atom stereocenters. The summed E-state index contributed by atoms with van der Waals surface area (Å²) in [4.78, 5) is 22.9. The van der Waals surface area contributed by atoms with Crippen molar-refractivity contribution in [3.05, 3.63) is 40.9 Å². The van der Waals surface area contributed by atoms with E-state index in [1.807, 2.05) is 0 Å². The summed E-state index contributed by atoms with van der Waals surface area (Å²) in [5.74, 6) is -1.16. The number of nitrogens with one attached hydrogen (secondary N) is 1. The number of rotatable bonds is 5. The van der Waals surface area contributed by atoms with Gasteiger partial charge in [0.15, 0.2) is 0 Å². The predicted molar refractivity (Wildman–Crippen MR) is 70.3 cm³/mol. The molecule has 1 heterocycles. The van der Waals surface area contributed by atoms with Gasteiger partial charge in [-0.2, -0.15) is 0 Å². The lowest BCUT2D eigenvalue weighted by atomic mass is 10.1. The van der Waals surface area contributed by atoms with Crippen molar-refractivity contribution in [1.29, 1.82) is 0 Å². The predicted octanol–water partition coefficient (Wildman–Crippen LogP) is 1.81. The summed E-state index contributed by atoms with van der Waals surface area (Å²) in [6.45, 7) is 0. The van der Waals surface area contributed by atoms with Gasteiger partial charge in [-0.1, -0.05) is 22.7 Å². The van der Waals surface area contributed by atoms with Crippen LogP contribution in [0.15, 0.2) is 30.5 Å². The zero-order chi connectivity index (χ0) is 13.7. The highest BCUT2D eigenvalue weighted by molar-refractivity contribution is 7.07. The maximum Gasteiger partial charge on any atom is 0.303 e. The number of hydrogen-bond donors (Lipinski definition) is 2. The van der Waals surface area contributed by atoms with Crippen LogP contribution in [-0.2, 0) is 11.2 Å². The summed E-state index contributed by atoms with van der Waals surface area (Å²) in [6, 6.07) is 7.12. The molecule has 6 nitrogen and oxygen atoms in total. The van der Waals surface area contributed by atoms with Gasteiger partial charge in [0.1, 0.15) is 4.88 Å². The summed E-state index contributed by atoms with van der Waals surface area (Å²) in [6.07, 6.45) is 1.78. The fraction of sp³-hybridized carbons (Fsp3) is 0.167. The zero-order valence-electron chi connectivity index (χ0n) is 9.87. The van der Waals surface area contributed by atoms with E-state index in [0.29, 0.717) is 17.0 Å². The van der Waals surface area contributed by atoms with Gasteiger partial charge >= 0.3 is 5.97 Å². The number of aromatic nitrogens is 2. The molecule has 1 aromatic heterocycles. The van der Waals surface area contributed by atoms with Gasteiger partial charge < -0.3 is 10.4 Å². The smallest absolute Gasteiger partial charge is 0.303 e. The number of benzene rings is 1. The van der Waals surface area contributed by atoms with Crippen LogP contribution in [0.5, 0.6) is 0 Å². The fourth-order valence-electron chi connectivity index (χ4n) is 1.55. The van der Waals surface area contributed by atoms with Gasteiger partial charge in [-0.3, -0.25) is 9.59 Å². The Morgan fingerprint density at radius 3 is 2.79 bits per heavy atom. The third-order valence-electron chi connectivity index (χ3n) is 2.46. The second-order valence-electron chi connectivity index (χ2n) is 3.79. The molecular formula is C12H11N3O3S. The number of hydrogen-bond acceptors (Lipinski definition) is 5. The normalized spacial score (nSPS) is 10.1. The third kappa shape index (κ3) is 3.59. The average molecular weight is 277 g/mol. The Balaban J connectivity index is 2.11. The topological polar surface area (TPSA) is 92.2 Å². The first-order valence-electron chi connectivity index (χ1n) is 5.55.